The Hall–Kier alpha value is -3.47. The number of aromatic hydroxyl groups is 1. The van der Waals surface area contributed by atoms with Gasteiger partial charge >= 0.3 is 5.69 Å². The molecule has 0 aromatic heterocycles. The van der Waals surface area contributed by atoms with Crippen molar-refractivity contribution in [1.29, 1.82) is 5.26 Å². The minimum Gasteiger partial charge on any atom is -0.499 e. The number of nitro benzene ring substituents is 1. The number of phenols is 1. The Labute approximate surface area is 129 Å². The van der Waals surface area contributed by atoms with Crippen molar-refractivity contribution in [2.24, 2.45) is 0 Å². The topological polar surface area (TPSA) is 113 Å². The second-order valence-corrected chi connectivity index (χ2v) is 4.38. The lowest BCUT2D eigenvalue weighted by molar-refractivity contribution is -0.386. The SMILES string of the molecule is COc1cc(C#N)c(C(=O)c2ccccc2F)c([N+](=O)[O-])c1O. The van der Waals surface area contributed by atoms with Gasteiger partial charge in [0.15, 0.2) is 5.75 Å². The van der Waals surface area contributed by atoms with Gasteiger partial charge in [-0.15, -0.1) is 0 Å². The van der Waals surface area contributed by atoms with Crippen LogP contribution in [0.15, 0.2) is 30.3 Å². The molecule has 0 spiro atoms. The van der Waals surface area contributed by atoms with E-state index in [1.54, 1.807) is 6.07 Å². The van der Waals surface area contributed by atoms with Gasteiger partial charge in [-0.25, -0.2) is 4.39 Å². The molecule has 2 aromatic rings. The Kier molecular flexibility index (Phi) is 4.23. The number of phenolic OH excluding ortho intramolecular Hbond substituents is 1. The summed E-state index contributed by atoms with van der Waals surface area (Å²) in [5, 5.41) is 30.3. The van der Waals surface area contributed by atoms with E-state index >= 15 is 0 Å². The summed E-state index contributed by atoms with van der Waals surface area (Å²) in [6.45, 7) is 0. The molecular weight excluding hydrogens is 307 g/mol. The van der Waals surface area contributed by atoms with Gasteiger partial charge in [0, 0.05) is 6.07 Å². The van der Waals surface area contributed by atoms with Crippen molar-refractivity contribution < 1.29 is 24.0 Å². The van der Waals surface area contributed by atoms with Crippen LogP contribution in [0.1, 0.15) is 21.5 Å². The van der Waals surface area contributed by atoms with E-state index in [9.17, 15) is 24.4 Å². The lowest BCUT2D eigenvalue weighted by Crippen LogP contribution is -2.10. The number of hydrogen-bond acceptors (Lipinski definition) is 6. The minimum absolute atomic E-state index is 0.335. The molecule has 2 rings (SSSR count). The Morgan fingerprint density at radius 1 is 1.43 bits per heavy atom. The molecule has 8 heteroatoms. The van der Waals surface area contributed by atoms with E-state index in [1.807, 2.05) is 0 Å². The smallest absolute Gasteiger partial charge is 0.327 e. The van der Waals surface area contributed by atoms with Gasteiger partial charge < -0.3 is 9.84 Å². The van der Waals surface area contributed by atoms with Gasteiger partial charge in [-0.05, 0) is 12.1 Å². The molecule has 0 aliphatic carbocycles. The number of nitro groups is 1. The lowest BCUT2D eigenvalue weighted by atomic mass is 9.95. The van der Waals surface area contributed by atoms with Crippen LogP contribution in [0.2, 0.25) is 0 Å². The zero-order valence-corrected chi connectivity index (χ0v) is 11.7. The van der Waals surface area contributed by atoms with E-state index in [-0.39, 0.29) is 5.75 Å². The van der Waals surface area contributed by atoms with Crippen LogP contribution in [-0.2, 0) is 0 Å². The van der Waals surface area contributed by atoms with Crippen molar-refractivity contribution in [1.82, 2.24) is 0 Å². The fourth-order valence-electron chi connectivity index (χ4n) is 2.07. The third kappa shape index (κ3) is 2.67. The van der Waals surface area contributed by atoms with Crippen LogP contribution in [0.3, 0.4) is 0 Å². The van der Waals surface area contributed by atoms with E-state index < -0.39 is 44.7 Å². The van der Waals surface area contributed by atoms with Crippen LogP contribution in [0.4, 0.5) is 10.1 Å². The fourth-order valence-corrected chi connectivity index (χ4v) is 2.07. The molecule has 0 atom stereocenters. The molecule has 2 aromatic carbocycles. The van der Waals surface area contributed by atoms with Crippen LogP contribution in [0.25, 0.3) is 0 Å². The van der Waals surface area contributed by atoms with Gasteiger partial charge in [0.25, 0.3) is 0 Å². The standard InChI is InChI=1S/C15H9FN2O5/c1-23-11-6-8(7-17)12(13(15(11)20)18(21)22)14(19)9-4-2-3-5-10(9)16/h2-6,20H,1H3. The molecule has 0 heterocycles. The van der Waals surface area contributed by atoms with E-state index in [4.69, 9.17) is 10.00 Å². The van der Waals surface area contributed by atoms with E-state index in [0.717, 1.165) is 25.3 Å². The molecule has 0 radical (unpaired) electrons. The van der Waals surface area contributed by atoms with Crippen LogP contribution in [0.5, 0.6) is 11.5 Å². The Morgan fingerprint density at radius 2 is 2.09 bits per heavy atom. The van der Waals surface area contributed by atoms with E-state index in [1.165, 1.54) is 12.1 Å². The van der Waals surface area contributed by atoms with E-state index in [2.05, 4.69) is 0 Å². The molecular formula is C15H9FN2O5. The van der Waals surface area contributed by atoms with Crippen molar-refractivity contribution in [2.45, 2.75) is 0 Å². The first-order valence-corrected chi connectivity index (χ1v) is 6.20. The summed E-state index contributed by atoms with van der Waals surface area (Å²) >= 11 is 0. The summed E-state index contributed by atoms with van der Waals surface area (Å²) in [6, 6.07) is 7.46. The molecule has 23 heavy (non-hydrogen) atoms. The predicted molar refractivity (Wildman–Crippen MR) is 75.9 cm³/mol. The molecule has 7 nitrogen and oxygen atoms in total. The van der Waals surface area contributed by atoms with Crippen molar-refractivity contribution >= 4 is 11.5 Å². The predicted octanol–water partition coefficient (Wildman–Crippen LogP) is 2.55. The number of ether oxygens (including phenoxy) is 1. The summed E-state index contributed by atoms with van der Waals surface area (Å²) < 4.78 is 18.5. The number of nitrogens with zero attached hydrogens (tertiary/aromatic N) is 2. The maximum Gasteiger partial charge on any atom is 0.327 e. The molecule has 0 saturated carbocycles. The molecule has 0 unspecified atom stereocenters. The summed E-state index contributed by atoms with van der Waals surface area (Å²) in [5.74, 6) is -3.22. The lowest BCUT2D eigenvalue weighted by Gasteiger charge is -2.10. The first-order valence-electron chi connectivity index (χ1n) is 6.20. The normalized spacial score (nSPS) is 9.96. The second kappa shape index (κ2) is 6.11. The molecule has 116 valence electrons. The van der Waals surface area contributed by atoms with Crippen LogP contribution in [0, 0.1) is 27.3 Å². The highest BCUT2D eigenvalue weighted by Gasteiger charge is 2.33. The van der Waals surface area contributed by atoms with Gasteiger partial charge in [-0.3, -0.25) is 14.9 Å². The van der Waals surface area contributed by atoms with Crippen molar-refractivity contribution in [2.75, 3.05) is 7.11 Å². The highest BCUT2D eigenvalue weighted by atomic mass is 19.1. The molecule has 0 fully saturated rings. The van der Waals surface area contributed by atoms with Crippen LogP contribution >= 0.6 is 0 Å². The van der Waals surface area contributed by atoms with Crippen LogP contribution in [-0.4, -0.2) is 22.9 Å². The number of carbonyl (C=O) groups is 1. The largest absolute Gasteiger partial charge is 0.499 e. The number of hydrogen-bond donors (Lipinski definition) is 1. The first kappa shape index (κ1) is 15.9. The molecule has 0 aliphatic rings. The van der Waals surface area contributed by atoms with Gasteiger partial charge in [0.05, 0.1) is 23.2 Å². The number of benzene rings is 2. The summed E-state index contributed by atoms with van der Waals surface area (Å²) in [4.78, 5) is 22.7. The van der Waals surface area contributed by atoms with Crippen molar-refractivity contribution in [3.8, 4) is 17.6 Å². The number of methoxy groups -OCH3 is 1. The van der Waals surface area contributed by atoms with E-state index in [0.29, 0.717) is 0 Å². The average Bonchev–Trinajstić information content (AvgIpc) is 2.53. The second-order valence-electron chi connectivity index (χ2n) is 4.38. The fraction of sp³-hybridized carbons (Fsp3) is 0.0667. The zero-order valence-electron chi connectivity index (χ0n) is 11.7. The number of rotatable bonds is 4. The van der Waals surface area contributed by atoms with Gasteiger partial charge in [-0.1, -0.05) is 12.1 Å². The molecule has 0 amide bonds. The summed E-state index contributed by atoms with van der Waals surface area (Å²) in [7, 11) is 1.14. The van der Waals surface area contributed by atoms with Crippen molar-refractivity contribution in [3.63, 3.8) is 0 Å². The minimum atomic E-state index is -1.08. The maximum absolute atomic E-state index is 13.8. The Bertz CT molecular complexity index is 858. The highest BCUT2D eigenvalue weighted by Crippen LogP contribution is 2.41. The maximum atomic E-state index is 13.8. The number of ketones is 1. The molecule has 0 saturated heterocycles. The van der Waals surface area contributed by atoms with Gasteiger partial charge in [-0.2, -0.15) is 5.26 Å². The molecule has 0 aliphatic heterocycles. The summed E-state index contributed by atoms with van der Waals surface area (Å²) in [5.41, 5.74) is -2.55. The first-order chi connectivity index (χ1) is 10.9. The monoisotopic (exact) mass is 316 g/mol. The quantitative estimate of drug-likeness (QED) is 0.527. The third-order valence-electron chi connectivity index (χ3n) is 3.11. The zero-order chi connectivity index (χ0) is 17.1. The Balaban J connectivity index is 2.83. The van der Waals surface area contributed by atoms with Crippen LogP contribution < -0.4 is 4.74 Å². The number of nitriles is 1. The number of carbonyl (C=O) groups excluding carboxylic acids is 1. The van der Waals surface area contributed by atoms with Crippen molar-refractivity contribution in [3.05, 3.63) is 63.0 Å². The molecule has 0 bridgehead atoms. The average molecular weight is 316 g/mol. The highest BCUT2D eigenvalue weighted by molar-refractivity contribution is 6.14. The van der Waals surface area contributed by atoms with Gasteiger partial charge in [0.1, 0.15) is 17.4 Å². The number of halogens is 1. The summed E-state index contributed by atoms with van der Waals surface area (Å²) in [6.07, 6.45) is 0. The molecule has 1 N–H and O–H groups in total. The van der Waals surface area contributed by atoms with Gasteiger partial charge in [0.2, 0.25) is 11.5 Å². The third-order valence-corrected chi connectivity index (χ3v) is 3.11. The Morgan fingerprint density at radius 3 is 2.61 bits per heavy atom.